The molecule has 17 heavy (non-hydrogen) atoms. The Morgan fingerprint density at radius 1 is 1.53 bits per heavy atom. The molecule has 1 aliphatic rings. The molecule has 2 aromatic heterocycles. The summed E-state index contributed by atoms with van der Waals surface area (Å²) in [6.07, 6.45) is 1.97. The Morgan fingerprint density at radius 2 is 2.41 bits per heavy atom. The Hall–Kier alpha value is -1.33. The van der Waals surface area contributed by atoms with Crippen molar-refractivity contribution in [2.75, 3.05) is 6.61 Å². The van der Waals surface area contributed by atoms with Crippen LogP contribution in [0.1, 0.15) is 24.6 Å². The maximum Gasteiger partial charge on any atom is 0.217 e. The van der Waals surface area contributed by atoms with Gasteiger partial charge in [-0.2, -0.15) is 0 Å². The molecule has 0 aliphatic carbocycles. The first kappa shape index (κ1) is 10.8. The number of aliphatic hydroxyl groups excluding tert-OH is 1. The third kappa shape index (κ3) is 1.85. The molecule has 0 amide bonds. The highest BCUT2D eigenvalue weighted by Gasteiger charge is 2.24. The number of hydrogen-bond donors (Lipinski definition) is 1. The minimum absolute atomic E-state index is 0.0791. The summed E-state index contributed by atoms with van der Waals surface area (Å²) in [4.78, 5) is 4.43. The van der Waals surface area contributed by atoms with Crippen molar-refractivity contribution in [1.29, 1.82) is 0 Å². The van der Waals surface area contributed by atoms with E-state index >= 15 is 0 Å². The Morgan fingerprint density at radius 3 is 3.12 bits per heavy atom. The zero-order chi connectivity index (χ0) is 11.8. The standard InChI is InChI=1S/C11H12ClN3O2/c12-9-4-3-8(17-9)10-13-11-7(6-16)2-1-5-15(11)14-10/h3-4,7,16H,1-2,5-6H2. The lowest BCUT2D eigenvalue weighted by atomic mass is 10.0. The Labute approximate surface area is 103 Å². The molecule has 0 aromatic carbocycles. The van der Waals surface area contributed by atoms with E-state index in [4.69, 9.17) is 16.0 Å². The second-order valence-corrected chi connectivity index (χ2v) is 4.51. The molecule has 0 fully saturated rings. The van der Waals surface area contributed by atoms with Crippen LogP contribution in [0.2, 0.25) is 5.22 Å². The Kier molecular flexibility index (Phi) is 2.64. The van der Waals surface area contributed by atoms with E-state index in [1.54, 1.807) is 12.1 Å². The number of hydrogen-bond acceptors (Lipinski definition) is 4. The monoisotopic (exact) mass is 253 g/mol. The van der Waals surface area contributed by atoms with Gasteiger partial charge >= 0.3 is 0 Å². The van der Waals surface area contributed by atoms with E-state index in [1.165, 1.54) is 0 Å². The fraction of sp³-hybridized carbons (Fsp3) is 0.455. The van der Waals surface area contributed by atoms with E-state index in [-0.39, 0.29) is 12.5 Å². The highest BCUT2D eigenvalue weighted by Crippen LogP contribution is 2.28. The summed E-state index contributed by atoms with van der Waals surface area (Å²) in [6, 6.07) is 3.41. The van der Waals surface area contributed by atoms with Crippen LogP contribution in [0.15, 0.2) is 16.5 Å². The molecule has 2 aromatic rings. The number of fused-ring (bicyclic) bond motifs is 1. The molecule has 0 spiro atoms. The predicted octanol–water partition coefficient (Wildman–Crippen LogP) is 2.06. The maximum atomic E-state index is 9.30. The molecule has 5 nitrogen and oxygen atoms in total. The predicted molar refractivity (Wildman–Crippen MR) is 61.8 cm³/mol. The fourth-order valence-electron chi connectivity index (χ4n) is 2.15. The molecule has 1 aliphatic heterocycles. The molecule has 0 bridgehead atoms. The lowest BCUT2D eigenvalue weighted by molar-refractivity contribution is 0.234. The molecule has 6 heteroatoms. The van der Waals surface area contributed by atoms with Crippen molar-refractivity contribution in [1.82, 2.24) is 14.8 Å². The van der Waals surface area contributed by atoms with Crippen molar-refractivity contribution in [2.24, 2.45) is 0 Å². The van der Waals surface area contributed by atoms with E-state index in [1.807, 2.05) is 4.68 Å². The van der Waals surface area contributed by atoms with E-state index in [9.17, 15) is 5.11 Å². The number of nitrogens with zero attached hydrogens (tertiary/aromatic N) is 3. The van der Waals surface area contributed by atoms with Crippen molar-refractivity contribution in [2.45, 2.75) is 25.3 Å². The quantitative estimate of drug-likeness (QED) is 0.890. The van der Waals surface area contributed by atoms with Gasteiger partial charge < -0.3 is 9.52 Å². The molecular formula is C11H12ClN3O2. The molecule has 3 heterocycles. The van der Waals surface area contributed by atoms with Gasteiger partial charge in [0.25, 0.3) is 0 Å². The minimum atomic E-state index is 0.0791. The topological polar surface area (TPSA) is 64.1 Å². The zero-order valence-corrected chi connectivity index (χ0v) is 9.89. The van der Waals surface area contributed by atoms with Crippen LogP contribution in [-0.2, 0) is 6.54 Å². The molecule has 0 saturated heterocycles. The van der Waals surface area contributed by atoms with Crippen LogP contribution < -0.4 is 0 Å². The number of furan rings is 1. The van der Waals surface area contributed by atoms with Crippen molar-refractivity contribution >= 4 is 11.6 Å². The summed E-state index contributed by atoms with van der Waals surface area (Å²) in [7, 11) is 0. The van der Waals surface area contributed by atoms with Crippen LogP contribution in [0.5, 0.6) is 0 Å². The van der Waals surface area contributed by atoms with Gasteiger partial charge in [-0.3, -0.25) is 0 Å². The molecule has 0 saturated carbocycles. The van der Waals surface area contributed by atoms with E-state index < -0.39 is 0 Å². The second-order valence-electron chi connectivity index (χ2n) is 4.14. The molecule has 1 unspecified atom stereocenters. The average Bonchev–Trinajstić information content (AvgIpc) is 2.93. The van der Waals surface area contributed by atoms with Crippen LogP contribution in [0.25, 0.3) is 11.6 Å². The number of aryl methyl sites for hydroxylation is 1. The van der Waals surface area contributed by atoms with Crippen LogP contribution in [0.4, 0.5) is 0 Å². The third-order valence-electron chi connectivity index (χ3n) is 3.00. The SMILES string of the molecule is OCC1CCCn2nc(-c3ccc(Cl)o3)nc21. The number of halogens is 1. The minimum Gasteiger partial charge on any atom is -0.441 e. The molecule has 0 radical (unpaired) electrons. The summed E-state index contributed by atoms with van der Waals surface area (Å²) in [5.41, 5.74) is 0. The number of aromatic nitrogens is 3. The summed E-state index contributed by atoms with van der Waals surface area (Å²) >= 11 is 5.72. The molecule has 3 rings (SSSR count). The second kappa shape index (κ2) is 4.16. The summed E-state index contributed by atoms with van der Waals surface area (Å²) in [6.45, 7) is 0.949. The molecular weight excluding hydrogens is 242 g/mol. The summed E-state index contributed by atoms with van der Waals surface area (Å²) in [5.74, 6) is 2.01. The number of aliphatic hydroxyl groups is 1. The van der Waals surface area contributed by atoms with Gasteiger partial charge in [0.1, 0.15) is 5.82 Å². The van der Waals surface area contributed by atoms with E-state index in [0.29, 0.717) is 16.8 Å². The van der Waals surface area contributed by atoms with Gasteiger partial charge in [-0.25, -0.2) is 9.67 Å². The Balaban J connectivity index is 2.01. The van der Waals surface area contributed by atoms with Crippen molar-refractivity contribution in [3.63, 3.8) is 0 Å². The van der Waals surface area contributed by atoms with Crippen LogP contribution >= 0.6 is 11.6 Å². The largest absolute Gasteiger partial charge is 0.441 e. The highest BCUT2D eigenvalue weighted by molar-refractivity contribution is 6.28. The van der Waals surface area contributed by atoms with Crippen molar-refractivity contribution in [3.8, 4) is 11.6 Å². The van der Waals surface area contributed by atoms with Gasteiger partial charge in [0.05, 0.1) is 6.61 Å². The van der Waals surface area contributed by atoms with Gasteiger partial charge in [0.2, 0.25) is 5.82 Å². The lowest BCUT2D eigenvalue weighted by Crippen LogP contribution is -2.19. The van der Waals surface area contributed by atoms with Gasteiger partial charge in [0.15, 0.2) is 11.0 Å². The summed E-state index contributed by atoms with van der Waals surface area (Å²) < 4.78 is 7.12. The summed E-state index contributed by atoms with van der Waals surface area (Å²) in [5, 5.41) is 14.0. The normalized spacial score (nSPS) is 19.3. The third-order valence-corrected chi connectivity index (χ3v) is 3.21. The first-order valence-electron chi connectivity index (χ1n) is 5.59. The fourth-order valence-corrected chi connectivity index (χ4v) is 2.30. The maximum absolute atomic E-state index is 9.30. The van der Waals surface area contributed by atoms with E-state index in [2.05, 4.69) is 10.1 Å². The average molecular weight is 254 g/mol. The lowest BCUT2D eigenvalue weighted by Gasteiger charge is -2.19. The smallest absolute Gasteiger partial charge is 0.217 e. The Bertz CT molecular complexity index is 535. The highest BCUT2D eigenvalue weighted by atomic mass is 35.5. The zero-order valence-electron chi connectivity index (χ0n) is 9.14. The van der Waals surface area contributed by atoms with Crippen molar-refractivity contribution < 1.29 is 9.52 Å². The molecule has 1 N–H and O–H groups in total. The van der Waals surface area contributed by atoms with Gasteiger partial charge in [-0.05, 0) is 36.6 Å². The van der Waals surface area contributed by atoms with Gasteiger partial charge in [-0.15, -0.1) is 5.10 Å². The van der Waals surface area contributed by atoms with E-state index in [0.717, 1.165) is 25.2 Å². The molecule has 90 valence electrons. The first-order chi connectivity index (χ1) is 8.28. The number of rotatable bonds is 2. The van der Waals surface area contributed by atoms with Gasteiger partial charge in [-0.1, -0.05) is 0 Å². The van der Waals surface area contributed by atoms with Gasteiger partial charge in [0, 0.05) is 12.5 Å². The first-order valence-corrected chi connectivity index (χ1v) is 5.97. The van der Waals surface area contributed by atoms with Crippen LogP contribution in [-0.4, -0.2) is 26.5 Å². The van der Waals surface area contributed by atoms with Crippen molar-refractivity contribution in [3.05, 3.63) is 23.2 Å². The molecule has 1 atom stereocenters. The van der Waals surface area contributed by atoms with Crippen LogP contribution in [0.3, 0.4) is 0 Å². The van der Waals surface area contributed by atoms with Crippen LogP contribution in [0, 0.1) is 0 Å².